The van der Waals surface area contributed by atoms with Crippen LogP contribution in [0.1, 0.15) is 72.1 Å². The molecule has 0 spiro atoms. The van der Waals surface area contributed by atoms with Gasteiger partial charge in [0, 0.05) is 43.0 Å². The summed E-state index contributed by atoms with van der Waals surface area (Å²) in [6.07, 6.45) is 15.3. The predicted octanol–water partition coefficient (Wildman–Crippen LogP) is 5.61. The van der Waals surface area contributed by atoms with Crippen LogP contribution in [0.15, 0.2) is 41.8 Å². The maximum atomic E-state index is 12.7. The Morgan fingerprint density at radius 3 is 2.67 bits per heavy atom. The van der Waals surface area contributed by atoms with E-state index in [1.807, 2.05) is 0 Å². The summed E-state index contributed by atoms with van der Waals surface area (Å²) in [5, 5.41) is 0. The highest BCUT2D eigenvalue weighted by Gasteiger charge is 2.64. The van der Waals surface area contributed by atoms with Gasteiger partial charge in [0.05, 0.1) is 0 Å². The normalized spacial score (nSPS) is 41.7. The van der Waals surface area contributed by atoms with Gasteiger partial charge in [-0.15, -0.1) is 5.73 Å². The Morgan fingerprint density at radius 1 is 1.24 bits per heavy atom. The van der Waals surface area contributed by atoms with Gasteiger partial charge >= 0.3 is 5.97 Å². The van der Waals surface area contributed by atoms with Crippen molar-refractivity contribution in [1.29, 1.82) is 0 Å². The van der Waals surface area contributed by atoms with Crippen molar-refractivity contribution in [2.45, 2.75) is 78.2 Å². The highest BCUT2D eigenvalue weighted by atomic mass is 16.5. The summed E-state index contributed by atoms with van der Waals surface area (Å²) in [5.74, 6) is 1.12. The van der Waals surface area contributed by atoms with Gasteiger partial charge in [-0.3, -0.25) is 9.59 Å². The Morgan fingerprint density at radius 2 is 2.00 bits per heavy atom. The quantitative estimate of drug-likeness (QED) is 0.414. The van der Waals surface area contributed by atoms with Crippen molar-refractivity contribution in [1.82, 2.24) is 4.90 Å². The molecule has 0 aromatic rings. The first-order chi connectivity index (χ1) is 15.8. The van der Waals surface area contributed by atoms with Crippen molar-refractivity contribution < 1.29 is 14.3 Å². The number of esters is 1. The van der Waals surface area contributed by atoms with E-state index in [1.165, 1.54) is 44.1 Å². The zero-order chi connectivity index (χ0) is 23.4. The topological polar surface area (TPSA) is 46.6 Å². The fourth-order valence-corrected chi connectivity index (χ4v) is 8.73. The van der Waals surface area contributed by atoms with E-state index in [0.717, 1.165) is 38.5 Å². The number of nitrogens with zero attached hydrogens (tertiary/aromatic N) is 1. The van der Waals surface area contributed by atoms with Gasteiger partial charge < -0.3 is 9.64 Å². The highest BCUT2D eigenvalue weighted by molar-refractivity contribution is 5.80. The van der Waals surface area contributed by atoms with E-state index in [0.29, 0.717) is 17.8 Å². The lowest BCUT2D eigenvalue weighted by molar-refractivity contribution is -0.169. The molecule has 0 aromatic carbocycles. The standard InChI is InChI=1S/C29H39NO3/c1-5-13-29-18-26(33-20(3)32)27-23(25(29)11-10-24(29)19(2)31)9-8-21-17-22(12-14-28(21,27)4)30-15-6-7-16-30/h8,13,17,23-27H,1,6-7,9-12,14-16,18H2,2-4H3/t23-,24+,25-,26-,27+,28-,29+/m0/s1. The second-order valence-electron chi connectivity index (χ2n) is 11.5. The predicted molar refractivity (Wildman–Crippen MR) is 129 cm³/mol. The molecule has 0 amide bonds. The Bertz CT molecular complexity index is 950. The Balaban J connectivity index is 1.57. The smallest absolute Gasteiger partial charge is 0.302 e. The van der Waals surface area contributed by atoms with Crippen molar-refractivity contribution in [3.8, 4) is 0 Å². The first kappa shape index (κ1) is 22.7. The van der Waals surface area contributed by atoms with E-state index in [9.17, 15) is 9.59 Å². The zero-order valence-electron chi connectivity index (χ0n) is 20.6. The third-order valence-electron chi connectivity index (χ3n) is 9.96. The van der Waals surface area contributed by atoms with Crippen molar-refractivity contribution in [3.63, 3.8) is 0 Å². The van der Waals surface area contributed by atoms with Crippen LogP contribution in [-0.2, 0) is 14.3 Å². The third kappa shape index (κ3) is 3.48. The maximum absolute atomic E-state index is 12.7. The van der Waals surface area contributed by atoms with Gasteiger partial charge in [0.25, 0.3) is 0 Å². The second kappa shape index (κ2) is 8.31. The van der Waals surface area contributed by atoms with Crippen LogP contribution >= 0.6 is 0 Å². The summed E-state index contributed by atoms with van der Waals surface area (Å²) in [4.78, 5) is 27.6. The summed E-state index contributed by atoms with van der Waals surface area (Å²) in [5.41, 5.74) is 5.72. The Labute approximate surface area is 198 Å². The SMILES string of the molecule is C=C=C[C@]12C[C@H](OC(C)=O)[C@H]3[C@@H](CC=C4C=C(N5CCCC5)CC[C@@]43C)[C@@H]1CC[C@@H]2C(C)=O. The Hall–Kier alpha value is -2.06. The van der Waals surface area contributed by atoms with E-state index in [4.69, 9.17) is 4.74 Å². The van der Waals surface area contributed by atoms with E-state index < -0.39 is 0 Å². The molecule has 4 nitrogen and oxygen atoms in total. The molecule has 33 heavy (non-hydrogen) atoms. The second-order valence-corrected chi connectivity index (χ2v) is 11.5. The lowest BCUT2D eigenvalue weighted by atomic mass is 9.46. The molecule has 0 aromatic heterocycles. The molecule has 0 N–H and O–H groups in total. The average molecular weight is 450 g/mol. The fourth-order valence-electron chi connectivity index (χ4n) is 8.73. The molecule has 4 heteroatoms. The summed E-state index contributed by atoms with van der Waals surface area (Å²) in [7, 11) is 0. The number of rotatable bonds is 4. The van der Waals surface area contributed by atoms with Crippen LogP contribution in [0.3, 0.4) is 0 Å². The number of ether oxygens (including phenoxy) is 1. The van der Waals surface area contributed by atoms with Crippen LogP contribution in [-0.4, -0.2) is 35.8 Å². The fraction of sp³-hybridized carbons (Fsp3) is 0.690. The van der Waals surface area contributed by atoms with Crippen LogP contribution in [0.25, 0.3) is 0 Å². The molecular formula is C29H39NO3. The van der Waals surface area contributed by atoms with Crippen LogP contribution in [0.4, 0.5) is 0 Å². The van der Waals surface area contributed by atoms with E-state index in [-0.39, 0.29) is 34.6 Å². The first-order valence-corrected chi connectivity index (χ1v) is 13.0. The number of hydrogen-bond acceptors (Lipinski definition) is 4. The zero-order valence-corrected chi connectivity index (χ0v) is 20.6. The largest absolute Gasteiger partial charge is 0.462 e. The lowest BCUT2D eigenvalue weighted by Crippen LogP contribution is -2.57. The molecular weight excluding hydrogens is 410 g/mol. The van der Waals surface area contributed by atoms with Gasteiger partial charge in [-0.1, -0.05) is 19.6 Å². The van der Waals surface area contributed by atoms with Crippen LogP contribution in [0, 0.1) is 34.5 Å². The minimum atomic E-state index is -0.290. The number of carbonyl (C=O) groups excluding carboxylic acids is 2. The number of allylic oxidation sites excluding steroid dienone is 5. The minimum absolute atomic E-state index is 0.00458. The molecule has 2 saturated carbocycles. The molecule has 1 saturated heterocycles. The summed E-state index contributed by atoms with van der Waals surface area (Å²) in [6.45, 7) is 11.9. The summed E-state index contributed by atoms with van der Waals surface area (Å²) < 4.78 is 6.13. The van der Waals surface area contributed by atoms with Crippen LogP contribution < -0.4 is 0 Å². The van der Waals surface area contributed by atoms with Gasteiger partial charge in [-0.2, -0.15) is 0 Å². The number of Topliss-reactive ketones (excluding diaryl/α,β-unsaturated/α-hetero) is 1. The van der Waals surface area contributed by atoms with Gasteiger partial charge in [0.1, 0.15) is 11.9 Å². The molecule has 5 aliphatic rings. The van der Waals surface area contributed by atoms with Crippen molar-refractivity contribution >= 4 is 11.8 Å². The highest BCUT2D eigenvalue weighted by Crippen LogP contribution is 2.67. The third-order valence-corrected chi connectivity index (χ3v) is 9.96. The molecule has 1 aliphatic heterocycles. The van der Waals surface area contributed by atoms with Crippen molar-refractivity contribution in [3.05, 3.63) is 41.8 Å². The van der Waals surface area contributed by atoms with Gasteiger partial charge in [-0.25, -0.2) is 0 Å². The summed E-state index contributed by atoms with van der Waals surface area (Å²) in [6, 6.07) is 0. The molecule has 7 atom stereocenters. The number of carbonyl (C=O) groups is 2. The molecule has 0 unspecified atom stereocenters. The first-order valence-electron chi connectivity index (χ1n) is 13.0. The molecule has 0 radical (unpaired) electrons. The summed E-state index contributed by atoms with van der Waals surface area (Å²) >= 11 is 0. The van der Waals surface area contributed by atoms with Crippen molar-refractivity contribution in [2.24, 2.45) is 34.5 Å². The van der Waals surface area contributed by atoms with E-state index >= 15 is 0 Å². The Kier molecular flexibility index (Phi) is 5.72. The lowest BCUT2D eigenvalue weighted by Gasteiger charge is -2.59. The molecule has 3 fully saturated rings. The number of ketones is 1. The van der Waals surface area contributed by atoms with Gasteiger partial charge in [0.2, 0.25) is 0 Å². The maximum Gasteiger partial charge on any atom is 0.302 e. The van der Waals surface area contributed by atoms with Crippen LogP contribution in [0.2, 0.25) is 0 Å². The van der Waals surface area contributed by atoms with E-state index in [2.05, 4.69) is 42.4 Å². The number of likely N-dealkylation sites (tertiary alicyclic amines) is 1. The molecule has 1 heterocycles. The molecule has 0 bridgehead atoms. The van der Waals surface area contributed by atoms with Gasteiger partial charge in [0.15, 0.2) is 0 Å². The minimum Gasteiger partial charge on any atom is -0.462 e. The average Bonchev–Trinajstić information content (AvgIpc) is 3.41. The molecule has 178 valence electrons. The number of hydrogen-bond donors (Lipinski definition) is 0. The van der Waals surface area contributed by atoms with Crippen molar-refractivity contribution in [2.75, 3.05) is 13.1 Å². The number of fused-ring (bicyclic) bond motifs is 5. The molecule has 4 aliphatic carbocycles. The van der Waals surface area contributed by atoms with Crippen LogP contribution in [0.5, 0.6) is 0 Å². The molecule has 5 rings (SSSR count). The van der Waals surface area contributed by atoms with E-state index in [1.54, 1.807) is 6.92 Å². The monoisotopic (exact) mass is 449 g/mol. The van der Waals surface area contributed by atoms with Gasteiger partial charge in [-0.05, 0) is 93.3 Å².